The predicted octanol–water partition coefficient (Wildman–Crippen LogP) is 4.69. The number of hydrogen-bond acceptors (Lipinski definition) is 5. The summed E-state index contributed by atoms with van der Waals surface area (Å²) in [7, 11) is 0. The number of halogens is 3. The van der Waals surface area contributed by atoms with E-state index in [2.05, 4.69) is 4.98 Å². The average Bonchev–Trinajstić information content (AvgIpc) is 3.10. The summed E-state index contributed by atoms with van der Waals surface area (Å²) in [5.74, 6) is 0.791. The molecule has 2 heterocycles. The normalized spacial score (nSPS) is 11.9. The second kappa shape index (κ2) is 7.38. The summed E-state index contributed by atoms with van der Waals surface area (Å²) in [6, 6.07) is 6.98. The van der Waals surface area contributed by atoms with E-state index in [1.165, 1.54) is 18.2 Å². The first kappa shape index (κ1) is 20.1. The molecule has 29 heavy (non-hydrogen) atoms. The highest BCUT2D eigenvalue weighted by Crippen LogP contribution is 2.31. The number of rotatable bonds is 4. The third-order valence-corrected chi connectivity index (χ3v) is 4.17. The van der Waals surface area contributed by atoms with Crippen LogP contribution in [0.25, 0.3) is 23.5 Å². The molecule has 0 bridgehead atoms. The van der Waals surface area contributed by atoms with E-state index in [0.29, 0.717) is 40.6 Å². The van der Waals surface area contributed by atoms with Gasteiger partial charge in [-0.25, -0.2) is 4.73 Å². The van der Waals surface area contributed by atoms with E-state index in [1.807, 2.05) is 0 Å². The highest BCUT2D eigenvalue weighted by atomic mass is 19.4. The van der Waals surface area contributed by atoms with Gasteiger partial charge in [-0.1, -0.05) is 0 Å². The number of nitro groups is 1. The number of aromatic nitrogens is 2. The van der Waals surface area contributed by atoms with Gasteiger partial charge in [-0.3, -0.25) is 10.1 Å². The lowest BCUT2D eigenvalue weighted by Gasteiger charge is -2.10. The van der Waals surface area contributed by atoms with Crippen molar-refractivity contribution in [2.75, 3.05) is 0 Å². The fourth-order valence-corrected chi connectivity index (χ4v) is 2.74. The quantitative estimate of drug-likeness (QED) is 0.272. The molecule has 0 N–H and O–H groups in total. The molecule has 0 fully saturated rings. The van der Waals surface area contributed by atoms with Gasteiger partial charge in [0.1, 0.15) is 11.5 Å². The Labute approximate surface area is 162 Å². The number of furan rings is 1. The van der Waals surface area contributed by atoms with Gasteiger partial charge >= 0.3 is 6.18 Å². The molecule has 0 saturated carbocycles. The van der Waals surface area contributed by atoms with Gasteiger partial charge in [0.2, 0.25) is 5.69 Å². The predicted molar refractivity (Wildman–Crippen MR) is 97.4 cm³/mol. The maximum Gasteiger partial charge on any atom is 0.454 e. The van der Waals surface area contributed by atoms with Crippen molar-refractivity contribution in [3.8, 4) is 11.3 Å². The molecule has 150 valence electrons. The van der Waals surface area contributed by atoms with Crippen molar-refractivity contribution in [1.82, 2.24) is 4.98 Å². The molecule has 0 saturated heterocycles. The standard InChI is InChI=1S/C19H14F3N3O4/c1-11-8-16(25(27)28)12(2)7-15(11)17-6-5-14(29-17)4-3-13-9-18(19(20,21)22)24(26)10-23-13/h3-10H,1-2H3. The lowest BCUT2D eigenvalue weighted by Crippen LogP contribution is -2.37. The SMILES string of the molecule is Cc1cc([N+](=O)[O-])c(C)cc1-c1ccc(C=Cc2cc(C(F)(F)F)[n+]([O-])cn2)o1. The van der Waals surface area contributed by atoms with Gasteiger partial charge in [-0.2, -0.15) is 13.2 Å². The van der Waals surface area contributed by atoms with E-state index in [-0.39, 0.29) is 16.1 Å². The smallest absolute Gasteiger partial charge is 0.454 e. The van der Waals surface area contributed by atoms with Crippen LogP contribution in [0, 0.1) is 29.2 Å². The minimum atomic E-state index is -4.80. The van der Waals surface area contributed by atoms with Crippen LogP contribution < -0.4 is 4.73 Å². The highest BCUT2D eigenvalue weighted by Gasteiger charge is 2.37. The number of nitro benzene ring substituents is 1. The molecule has 0 spiro atoms. The second-order valence-electron chi connectivity index (χ2n) is 6.27. The zero-order valence-corrected chi connectivity index (χ0v) is 15.2. The minimum Gasteiger partial charge on any atom is -0.711 e. The van der Waals surface area contributed by atoms with Crippen molar-refractivity contribution in [3.63, 3.8) is 0 Å². The Morgan fingerprint density at radius 3 is 2.52 bits per heavy atom. The number of alkyl halides is 3. The zero-order valence-electron chi connectivity index (χ0n) is 15.2. The summed E-state index contributed by atoms with van der Waals surface area (Å²) in [6.45, 7) is 3.33. The topological polar surface area (TPSA) is 96.1 Å². The molecule has 0 unspecified atom stereocenters. The number of aryl methyl sites for hydroxylation is 2. The van der Waals surface area contributed by atoms with Crippen LogP contribution in [0.15, 0.2) is 41.1 Å². The Balaban J connectivity index is 1.88. The lowest BCUT2D eigenvalue weighted by molar-refractivity contribution is -0.632. The summed E-state index contributed by atoms with van der Waals surface area (Å²) in [5.41, 5.74) is 0.352. The molecule has 0 amide bonds. The summed E-state index contributed by atoms with van der Waals surface area (Å²) in [4.78, 5) is 14.2. The van der Waals surface area contributed by atoms with Crippen molar-refractivity contribution in [1.29, 1.82) is 0 Å². The van der Waals surface area contributed by atoms with Gasteiger partial charge in [-0.15, -0.1) is 0 Å². The molecule has 3 aromatic rings. The largest absolute Gasteiger partial charge is 0.711 e. The maximum atomic E-state index is 12.8. The van der Waals surface area contributed by atoms with Gasteiger partial charge in [-0.05, 0) is 54.7 Å². The summed E-state index contributed by atoms with van der Waals surface area (Å²) >= 11 is 0. The van der Waals surface area contributed by atoms with Gasteiger partial charge in [0.25, 0.3) is 12.0 Å². The number of hydrogen-bond donors (Lipinski definition) is 0. The molecule has 2 aromatic heterocycles. The van der Waals surface area contributed by atoms with Crippen LogP contribution in [0.1, 0.15) is 28.3 Å². The van der Waals surface area contributed by atoms with E-state index in [1.54, 1.807) is 32.0 Å². The van der Waals surface area contributed by atoms with Crippen LogP contribution in [0.2, 0.25) is 0 Å². The second-order valence-corrected chi connectivity index (χ2v) is 6.27. The van der Waals surface area contributed by atoms with Crippen molar-refractivity contribution in [3.05, 3.63) is 80.3 Å². The van der Waals surface area contributed by atoms with E-state index in [9.17, 15) is 28.5 Å². The molecule has 3 rings (SSSR count). The average molecular weight is 405 g/mol. The highest BCUT2D eigenvalue weighted by molar-refractivity contribution is 5.70. The minimum absolute atomic E-state index is 0.00385. The Hall–Kier alpha value is -3.69. The molecule has 0 radical (unpaired) electrons. The van der Waals surface area contributed by atoms with Crippen LogP contribution >= 0.6 is 0 Å². The summed E-state index contributed by atoms with van der Waals surface area (Å²) in [6.07, 6.45) is -1.56. The van der Waals surface area contributed by atoms with Gasteiger partial charge in [0.15, 0.2) is 5.69 Å². The van der Waals surface area contributed by atoms with Gasteiger partial charge < -0.3 is 9.62 Å². The fourth-order valence-electron chi connectivity index (χ4n) is 2.74. The molecule has 0 aliphatic heterocycles. The molecule has 0 aliphatic rings. The third-order valence-electron chi connectivity index (χ3n) is 4.17. The summed E-state index contributed by atoms with van der Waals surface area (Å²) in [5, 5.41) is 22.3. The molecule has 0 atom stereocenters. The third kappa shape index (κ3) is 4.26. The van der Waals surface area contributed by atoms with E-state index < -0.39 is 16.8 Å². The molecule has 0 aliphatic carbocycles. The first-order valence-corrected chi connectivity index (χ1v) is 8.26. The van der Waals surface area contributed by atoms with Gasteiger partial charge in [0, 0.05) is 23.3 Å². The van der Waals surface area contributed by atoms with Crippen molar-refractivity contribution >= 4 is 17.8 Å². The Morgan fingerprint density at radius 1 is 1.14 bits per heavy atom. The van der Waals surface area contributed by atoms with Crippen LogP contribution in [-0.4, -0.2) is 9.91 Å². The molecular formula is C19H14F3N3O4. The van der Waals surface area contributed by atoms with Gasteiger partial charge in [0.05, 0.1) is 4.92 Å². The Morgan fingerprint density at radius 2 is 1.86 bits per heavy atom. The van der Waals surface area contributed by atoms with Crippen LogP contribution in [-0.2, 0) is 6.18 Å². The molecule has 7 nitrogen and oxygen atoms in total. The van der Waals surface area contributed by atoms with Crippen LogP contribution in [0.5, 0.6) is 0 Å². The van der Waals surface area contributed by atoms with E-state index in [4.69, 9.17) is 4.42 Å². The number of nitrogens with zero attached hydrogens (tertiary/aromatic N) is 3. The summed E-state index contributed by atoms with van der Waals surface area (Å²) < 4.78 is 43.7. The zero-order chi connectivity index (χ0) is 21.3. The van der Waals surface area contributed by atoms with Crippen molar-refractivity contribution < 1.29 is 27.2 Å². The van der Waals surface area contributed by atoms with E-state index >= 15 is 0 Å². The molecule has 10 heteroatoms. The first-order valence-electron chi connectivity index (χ1n) is 8.26. The monoisotopic (exact) mass is 405 g/mol. The van der Waals surface area contributed by atoms with Crippen LogP contribution in [0.3, 0.4) is 0 Å². The lowest BCUT2D eigenvalue weighted by atomic mass is 10.0. The van der Waals surface area contributed by atoms with Crippen molar-refractivity contribution in [2.24, 2.45) is 0 Å². The fraction of sp³-hybridized carbons (Fsp3) is 0.158. The van der Waals surface area contributed by atoms with Crippen molar-refractivity contribution in [2.45, 2.75) is 20.0 Å². The molecule has 1 aromatic carbocycles. The maximum absolute atomic E-state index is 12.8. The Bertz CT molecular complexity index is 1120. The number of benzene rings is 1. The molecular weight excluding hydrogens is 391 g/mol. The van der Waals surface area contributed by atoms with E-state index in [0.717, 1.165) is 0 Å². The first-order chi connectivity index (χ1) is 13.6. The Kier molecular flexibility index (Phi) is 5.10. The van der Waals surface area contributed by atoms with Crippen LogP contribution in [0.4, 0.5) is 18.9 Å².